The molecule has 19 heavy (non-hydrogen) atoms. The van der Waals surface area contributed by atoms with Crippen LogP contribution >= 0.6 is 11.3 Å². The van der Waals surface area contributed by atoms with Crippen molar-refractivity contribution < 1.29 is 4.92 Å². The highest BCUT2D eigenvalue weighted by molar-refractivity contribution is 7.11. The van der Waals surface area contributed by atoms with E-state index >= 15 is 0 Å². The van der Waals surface area contributed by atoms with E-state index in [1.165, 1.54) is 4.68 Å². The monoisotopic (exact) mass is 281 g/mol. The van der Waals surface area contributed by atoms with Crippen LogP contribution < -0.4 is 5.32 Å². The minimum atomic E-state index is -0.388. The molecule has 8 heteroatoms. The van der Waals surface area contributed by atoms with Gasteiger partial charge in [0.2, 0.25) is 5.82 Å². The van der Waals surface area contributed by atoms with Crippen molar-refractivity contribution in [1.82, 2.24) is 14.8 Å². The fraction of sp³-hybridized carbons (Fsp3) is 0.455. The van der Waals surface area contributed by atoms with Crippen molar-refractivity contribution >= 4 is 22.8 Å². The smallest absolute Gasteiger partial charge is 0.333 e. The molecule has 0 radical (unpaired) electrons. The van der Waals surface area contributed by atoms with Gasteiger partial charge in [-0.05, 0) is 13.3 Å². The van der Waals surface area contributed by atoms with Crippen LogP contribution in [0.5, 0.6) is 0 Å². The highest BCUT2D eigenvalue weighted by atomic mass is 32.1. The number of hydrogen-bond donors (Lipinski definition) is 1. The number of anilines is 1. The molecule has 0 saturated carbocycles. The molecule has 0 saturated heterocycles. The van der Waals surface area contributed by atoms with Crippen LogP contribution in [-0.4, -0.2) is 19.7 Å². The maximum absolute atomic E-state index is 11.1. The molecule has 0 fully saturated rings. The van der Waals surface area contributed by atoms with Gasteiger partial charge < -0.3 is 5.32 Å². The zero-order valence-electron chi connectivity index (χ0n) is 11.0. The molecule has 2 aromatic rings. The van der Waals surface area contributed by atoms with Crippen LogP contribution in [0.4, 0.5) is 11.5 Å². The molecule has 2 heterocycles. The molecule has 0 amide bonds. The third kappa shape index (κ3) is 2.73. The molecule has 0 bridgehead atoms. The van der Waals surface area contributed by atoms with Gasteiger partial charge in [0.25, 0.3) is 0 Å². The second-order valence-electron chi connectivity index (χ2n) is 4.10. The standard InChI is InChI=1S/C11H15N5O2S/c1-4-8-10(16(17)18)11(15(3)14-8)13-6-9-12-5-7(2)19-9/h5,13H,4,6H2,1-3H3. The Morgan fingerprint density at radius 1 is 1.58 bits per heavy atom. The Balaban J connectivity index is 2.24. The molecule has 1 N–H and O–H groups in total. The van der Waals surface area contributed by atoms with E-state index in [1.807, 2.05) is 13.8 Å². The number of nitrogens with one attached hydrogen (secondary N) is 1. The van der Waals surface area contributed by atoms with Crippen molar-refractivity contribution in [2.75, 3.05) is 5.32 Å². The summed E-state index contributed by atoms with van der Waals surface area (Å²) in [6, 6.07) is 0. The second kappa shape index (κ2) is 5.35. The highest BCUT2D eigenvalue weighted by Gasteiger charge is 2.25. The Hall–Kier alpha value is -1.96. The summed E-state index contributed by atoms with van der Waals surface area (Å²) in [5, 5.41) is 19.2. The van der Waals surface area contributed by atoms with Crippen LogP contribution in [0.3, 0.4) is 0 Å². The third-order valence-electron chi connectivity index (χ3n) is 2.69. The Bertz CT molecular complexity index is 604. The molecule has 0 aliphatic heterocycles. The summed E-state index contributed by atoms with van der Waals surface area (Å²) >= 11 is 1.57. The SMILES string of the molecule is CCc1nn(C)c(NCc2ncc(C)s2)c1[N+](=O)[O-]. The molecule has 0 atom stereocenters. The molecule has 102 valence electrons. The van der Waals surface area contributed by atoms with Gasteiger partial charge in [0, 0.05) is 18.1 Å². The number of aromatic nitrogens is 3. The van der Waals surface area contributed by atoms with Gasteiger partial charge >= 0.3 is 5.69 Å². The lowest BCUT2D eigenvalue weighted by atomic mass is 10.3. The molecule has 0 spiro atoms. The van der Waals surface area contributed by atoms with Crippen molar-refractivity contribution in [3.8, 4) is 0 Å². The summed E-state index contributed by atoms with van der Waals surface area (Å²) in [6.07, 6.45) is 2.32. The molecule has 7 nitrogen and oxygen atoms in total. The fourth-order valence-electron chi connectivity index (χ4n) is 1.84. The topological polar surface area (TPSA) is 85.9 Å². The van der Waals surface area contributed by atoms with E-state index in [2.05, 4.69) is 15.4 Å². The van der Waals surface area contributed by atoms with E-state index in [9.17, 15) is 10.1 Å². The van der Waals surface area contributed by atoms with Crippen LogP contribution in [0.25, 0.3) is 0 Å². The third-order valence-corrected chi connectivity index (χ3v) is 3.60. The van der Waals surface area contributed by atoms with E-state index in [0.29, 0.717) is 24.5 Å². The Kier molecular flexibility index (Phi) is 3.79. The summed E-state index contributed by atoms with van der Waals surface area (Å²) in [6.45, 7) is 4.29. The van der Waals surface area contributed by atoms with Gasteiger partial charge in [-0.15, -0.1) is 11.3 Å². The molecule has 0 aliphatic rings. The number of nitrogens with zero attached hydrogens (tertiary/aromatic N) is 4. The number of thiazole rings is 1. The van der Waals surface area contributed by atoms with Gasteiger partial charge in [-0.1, -0.05) is 6.92 Å². The van der Waals surface area contributed by atoms with Crippen molar-refractivity contribution in [3.05, 3.63) is 31.9 Å². The first-order chi connectivity index (χ1) is 9.02. The molecule has 2 aromatic heterocycles. The summed E-state index contributed by atoms with van der Waals surface area (Å²) in [5.74, 6) is 0.426. The zero-order valence-corrected chi connectivity index (χ0v) is 11.8. The lowest BCUT2D eigenvalue weighted by molar-refractivity contribution is -0.384. The summed E-state index contributed by atoms with van der Waals surface area (Å²) in [7, 11) is 1.70. The molecular weight excluding hydrogens is 266 g/mol. The van der Waals surface area contributed by atoms with Gasteiger partial charge in [-0.2, -0.15) is 5.10 Å². The first-order valence-corrected chi connectivity index (χ1v) is 6.70. The lowest BCUT2D eigenvalue weighted by Crippen LogP contribution is -2.06. The molecule has 0 aliphatic carbocycles. The van der Waals surface area contributed by atoms with Crippen molar-refractivity contribution in [1.29, 1.82) is 0 Å². The number of hydrogen-bond acceptors (Lipinski definition) is 6. The number of aryl methyl sites for hydroxylation is 3. The van der Waals surface area contributed by atoms with Gasteiger partial charge in [-0.3, -0.25) is 10.1 Å². The van der Waals surface area contributed by atoms with Crippen LogP contribution in [0.1, 0.15) is 22.5 Å². The molecule has 0 aromatic carbocycles. The second-order valence-corrected chi connectivity index (χ2v) is 5.42. The highest BCUT2D eigenvalue weighted by Crippen LogP contribution is 2.29. The van der Waals surface area contributed by atoms with Crippen LogP contribution in [-0.2, 0) is 20.0 Å². The average Bonchev–Trinajstić information content (AvgIpc) is 2.90. The number of nitro groups is 1. The summed E-state index contributed by atoms with van der Waals surface area (Å²) < 4.78 is 1.51. The van der Waals surface area contributed by atoms with Gasteiger partial charge in [0.15, 0.2) is 0 Å². The minimum Gasteiger partial charge on any atom is -0.358 e. The summed E-state index contributed by atoms with van der Waals surface area (Å²) in [5.41, 5.74) is 0.545. The minimum absolute atomic E-state index is 0.0540. The largest absolute Gasteiger partial charge is 0.358 e. The number of rotatable bonds is 5. The zero-order chi connectivity index (χ0) is 14.0. The normalized spacial score (nSPS) is 10.7. The Morgan fingerprint density at radius 3 is 2.84 bits per heavy atom. The summed E-state index contributed by atoms with van der Waals surface area (Å²) in [4.78, 5) is 16.1. The molecule has 2 rings (SSSR count). The quantitative estimate of drug-likeness (QED) is 0.671. The van der Waals surface area contributed by atoms with Crippen molar-refractivity contribution in [2.24, 2.45) is 7.05 Å². The van der Waals surface area contributed by atoms with Gasteiger partial charge in [-0.25, -0.2) is 9.67 Å². The van der Waals surface area contributed by atoms with Crippen LogP contribution in [0.15, 0.2) is 6.20 Å². The van der Waals surface area contributed by atoms with Crippen molar-refractivity contribution in [2.45, 2.75) is 26.8 Å². The van der Waals surface area contributed by atoms with Crippen LogP contribution in [0.2, 0.25) is 0 Å². The predicted octanol–water partition coefficient (Wildman–Crippen LogP) is 2.27. The first-order valence-electron chi connectivity index (χ1n) is 5.88. The Labute approximate surface area is 114 Å². The Morgan fingerprint density at radius 2 is 2.32 bits per heavy atom. The average molecular weight is 281 g/mol. The van der Waals surface area contributed by atoms with E-state index in [1.54, 1.807) is 24.6 Å². The van der Waals surface area contributed by atoms with E-state index in [4.69, 9.17) is 0 Å². The van der Waals surface area contributed by atoms with E-state index in [-0.39, 0.29) is 10.6 Å². The maximum Gasteiger partial charge on any atom is 0.333 e. The van der Waals surface area contributed by atoms with Crippen LogP contribution in [0, 0.1) is 17.0 Å². The van der Waals surface area contributed by atoms with E-state index in [0.717, 1.165) is 9.88 Å². The van der Waals surface area contributed by atoms with Gasteiger partial charge in [0.05, 0.1) is 11.5 Å². The van der Waals surface area contributed by atoms with Crippen molar-refractivity contribution in [3.63, 3.8) is 0 Å². The molecular formula is C11H15N5O2S. The van der Waals surface area contributed by atoms with E-state index < -0.39 is 0 Å². The maximum atomic E-state index is 11.1. The van der Waals surface area contributed by atoms with Gasteiger partial charge in [0.1, 0.15) is 10.7 Å². The molecule has 0 unspecified atom stereocenters. The lowest BCUT2D eigenvalue weighted by Gasteiger charge is -2.03. The fourth-order valence-corrected chi connectivity index (χ4v) is 2.57. The predicted molar refractivity (Wildman–Crippen MR) is 73.4 cm³/mol. The first kappa shape index (κ1) is 13.5.